The molecule has 2 bridgehead atoms. The maximum Gasteiger partial charge on any atom is 0.410 e. The Balaban J connectivity index is 1.40. The number of hydrogen-bond acceptors (Lipinski definition) is 11. The summed E-state index contributed by atoms with van der Waals surface area (Å²) >= 11 is 0. The number of pyridine rings is 1. The van der Waals surface area contributed by atoms with Gasteiger partial charge in [0.1, 0.15) is 12.2 Å². The zero-order valence-electron chi connectivity index (χ0n) is 34.1. The molecule has 5 heterocycles. The fourth-order valence-corrected chi connectivity index (χ4v) is 9.36. The van der Waals surface area contributed by atoms with Gasteiger partial charge in [-0.25, -0.2) is 9.59 Å². The van der Waals surface area contributed by atoms with Gasteiger partial charge in [-0.05, 0) is 85.2 Å². The van der Waals surface area contributed by atoms with Crippen LogP contribution in [0.3, 0.4) is 0 Å². The number of esters is 1. The van der Waals surface area contributed by atoms with Crippen LogP contribution in [0.15, 0.2) is 59.2 Å². The van der Waals surface area contributed by atoms with E-state index in [1.54, 1.807) is 18.7 Å². The first kappa shape index (κ1) is 41.0. The van der Waals surface area contributed by atoms with Gasteiger partial charge in [0.25, 0.3) is 0 Å². The molecule has 6 rings (SSSR count). The number of fused-ring (bicyclic) bond motifs is 2. The predicted molar refractivity (Wildman–Crippen MR) is 212 cm³/mol. The second-order valence-electron chi connectivity index (χ2n) is 16.8. The summed E-state index contributed by atoms with van der Waals surface area (Å²) < 4.78 is 32.4. The SMILES string of the molecule is C/C1=C\[C@H](C)[C@@H](O[C@H]2O[C@@H](C)C[C@@H](N(C)C)C2O)[C@@](C)(OC/C=C/c2cnc3ccccc3c2)C[C@@H](C)C2=NCCN3C(=O)O[C@](C)([C@@H](C)OC1=O)[C@H]3[C@H]2C. The van der Waals surface area contributed by atoms with Crippen molar-refractivity contribution in [1.82, 2.24) is 14.8 Å². The first-order chi connectivity index (χ1) is 26.0. The number of aromatic nitrogens is 1. The van der Waals surface area contributed by atoms with Crippen LogP contribution in [0.1, 0.15) is 73.8 Å². The standard InChI is InChI=1S/C43H60N4O8/c1-25-20-26(2)39(49)53-30(6)43(8)37-29(5)35(44-17-18-47(37)41(50)55-43)27(3)23-42(7,38(25)54-40-36(48)34(46(9)10)21-28(4)52-40)51-19-13-14-31-22-32-15-11-12-16-33(32)45-24-31/h11-16,20,22,24-25,27-30,34,36-38,40,48H,17-19,21,23H2,1-10H3/b14-13+,26-20+/t25-,27+,28-,29-,30+,34+,36?,37+,38+,40+,42-,43+/m0/s1. The van der Waals surface area contributed by atoms with Crippen molar-refractivity contribution >= 4 is 34.8 Å². The lowest BCUT2D eigenvalue weighted by Gasteiger charge is -2.47. The summed E-state index contributed by atoms with van der Waals surface area (Å²) in [4.78, 5) is 40.6. The fraction of sp³-hybridized carbons (Fsp3) is 0.628. The first-order valence-corrected chi connectivity index (χ1v) is 19.8. The van der Waals surface area contributed by atoms with Crippen molar-refractivity contribution in [3.63, 3.8) is 0 Å². The minimum Gasteiger partial charge on any atom is -0.455 e. The number of aliphatic imine (C=N–C) groups is 1. The smallest absolute Gasteiger partial charge is 0.410 e. The molecule has 12 heteroatoms. The lowest BCUT2D eigenvalue weighted by Crippen LogP contribution is -2.59. The van der Waals surface area contributed by atoms with Gasteiger partial charge in [0.05, 0.1) is 42.5 Å². The Hall–Kier alpha value is -3.68. The Bertz CT molecular complexity index is 1810. The average molecular weight is 761 g/mol. The molecule has 4 aliphatic rings. The maximum absolute atomic E-state index is 13.8. The molecule has 2 fully saturated rings. The molecule has 1 aromatic heterocycles. The molecular weight excluding hydrogens is 700 g/mol. The van der Waals surface area contributed by atoms with E-state index >= 15 is 0 Å². The van der Waals surface area contributed by atoms with Crippen LogP contribution >= 0.6 is 0 Å². The Morgan fingerprint density at radius 3 is 2.60 bits per heavy atom. The number of rotatable bonds is 7. The van der Waals surface area contributed by atoms with Crippen LogP contribution < -0.4 is 0 Å². The van der Waals surface area contributed by atoms with Crippen molar-refractivity contribution in [1.29, 1.82) is 0 Å². The molecular formula is C43H60N4O8. The second kappa shape index (κ2) is 16.4. The van der Waals surface area contributed by atoms with Crippen LogP contribution in [0.2, 0.25) is 0 Å². The normalized spacial score (nSPS) is 38.6. The molecule has 12 atom stereocenters. The van der Waals surface area contributed by atoms with Crippen molar-refractivity contribution in [3.8, 4) is 0 Å². The zero-order chi connectivity index (χ0) is 39.8. The first-order valence-electron chi connectivity index (χ1n) is 19.8. The predicted octanol–water partition coefficient (Wildman–Crippen LogP) is 6.06. The van der Waals surface area contributed by atoms with Crippen molar-refractivity contribution < 1.29 is 38.4 Å². The number of carbonyl (C=O) groups is 2. The molecule has 0 spiro atoms. The van der Waals surface area contributed by atoms with E-state index in [0.717, 1.165) is 22.2 Å². The van der Waals surface area contributed by atoms with Crippen LogP contribution in [0.5, 0.6) is 0 Å². The molecule has 0 aliphatic carbocycles. The van der Waals surface area contributed by atoms with E-state index in [4.69, 9.17) is 28.7 Å². The number of para-hydroxylation sites is 1. The number of hydrogen-bond donors (Lipinski definition) is 1. The van der Waals surface area contributed by atoms with Gasteiger partial charge < -0.3 is 33.7 Å². The van der Waals surface area contributed by atoms with Crippen LogP contribution in [-0.4, -0.2) is 125 Å². The molecule has 12 nitrogen and oxygen atoms in total. The summed E-state index contributed by atoms with van der Waals surface area (Å²) in [7, 11) is 3.89. The Kier molecular flexibility index (Phi) is 12.2. The van der Waals surface area contributed by atoms with E-state index in [1.165, 1.54) is 0 Å². The van der Waals surface area contributed by atoms with E-state index in [1.807, 2.05) is 95.4 Å². The Labute approximate surface area is 325 Å². The van der Waals surface area contributed by atoms with E-state index in [0.29, 0.717) is 31.5 Å². The van der Waals surface area contributed by atoms with Crippen LogP contribution in [0.25, 0.3) is 17.0 Å². The molecule has 1 amide bonds. The Morgan fingerprint density at radius 1 is 1.11 bits per heavy atom. The molecule has 0 saturated carbocycles. The highest BCUT2D eigenvalue weighted by Crippen LogP contribution is 2.43. The lowest BCUT2D eigenvalue weighted by atomic mass is 9.74. The van der Waals surface area contributed by atoms with Crippen molar-refractivity contribution in [2.45, 2.75) is 122 Å². The number of aliphatic hydroxyl groups excluding tert-OH is 1. The minimum atomic E-state index is -1.10. The molecule has 4 aliphatic heterocycles. The summed E-state index contributed by atoms with van der Waals surface area (Å²) in [5, 5.41) is 12.7. The van der Waals surface area contributed by atoms with Crippen LogP contribution in [0, 0.1) is 17.8 Å². The number of ether oxygens (including phenoxy) is 5. The van der Waals surface area contributed by atoms with Gasteiger partial charge in [-0.2, -0.15) is 0 Å². The molecule has 55 heavy (non-hydrogen) atoms. The summed E-state index contributed by atoms with van der Waals surface area (Å²) in [6.45, 7) is 16.7. The molecule has 0 radical (unpaired) electrons. The number of benzene rings is 1. The van der Waals surface area contributed by atoms with Gasteiger partial charge in [-0.15, -0.1) is 0 Å². The summed E-state index contributed by atoms with van der Waals surface area (Å²) in [5.41, 5.74) is 1.10. The second-order valence-corrected chi connectivity index (χ2v) is 16.8. The number of amides is 1. The van der Waals surface area contributed by atoms with E-state index in [-0.39, 0.29) is 30.6 Å². The Morgan fingerprint density at radius 2 is 1.85 bits per heavy atom. The van der Waals surface area contributed by atoms with Crippen molar-refractivity contribution in [3.05, 3.63) is 59.8 Å². The fourth-order valence-electron chi connectivity index (χ4n) is 9.36. The molecule has 1 N–H and O–H groups in total. The van der Waals surface area contributed by atoms with Gasteiger partial charge >= 0.3 is 12.1 Å². The molecule has 300 valence electrons. The largest absolute Gasteiger partial charge is 0.455 e. The molecule has 2 saturated heterocycles. The third-order valence-electron chi connectivity index (χ3n) is 12.3. The van der Waals surface area contributed by atoms with E-state index in [9.17, 15) is 14.7 Å². The average Bonchev–Trinajstić information content (AvgIpc) is 3.26. The van der Waals surface area contributed by atoms with Crippen molar-refractivity contribution in [2.24, 2.45) is 22.7 Å². The third-order valence-corrected chi connectivity index (χ3v) is 12.3. The number of aliphatic hydroxyl groups is 1. The third kappa shape index (κ3) is 8.39. The van der Waals surface area contributed by atoms with Crippen LogP contribution in [-0.2, 0) is 28.5 Å². The monoisotopic (exact) mass is 760 g/mol. The summed E-state index contributed by atoms with van der Waals surface area (Å²) in [6.07, 6.45) is 4.89. The molecule has 2 aromatic rings. The topological polar surface area (TPSA) is 132 Å². The van der Waals surface area contributed by atoms with Gasteiger partial charge in [-0.3, -0.25) is 14.9 Å². The van der Waals surface area contributed by atoms with Crippen molar-refractivity contribution in [2.75, 3.05) is 33.8 Å². The lowest BCUT2D eigenvalue weighted by molar-refractivity contribution is -0.295. The number of carbonyl (C=O) groups excluding carboxylic acids is 2. The van der Waals surface area contributed by atoms with E-state index in [2.05, 4.69) is 24.9 Å². The number of likely N-dealkylation sites (N-methyl/N-ethyl adjacent to an activating group) is 1. The quantitative estimate of drug-likeness (QED) is 0.333. The van der Waals surface area contributed by atoms with Gasteiger partial charge in [0, 0.05) is 47.3 Å². The maximum atomic E-state index is 13.8. The molecule has 1 aromatic carbocycles. The molecule has 1 unspecified atom stereocenters. The number of nitrogens with zero attached hydrogens (tertiary/aromatic N) is 4. The van der Waals surface area contributed by atoms with Gasteiger partial charge in [-0.1, -0.05) is 57.2 Å². The zero-order valence-corrected chi connectivity index (χ0v) is 34.1. The van der Waals surface area contributed by atoms with Crippen LogP contribution in [0.4, 0.5) is 4.79 Å². The summed E-state index contributed by atoms with van der Waals surface area (Å²) in [5.74, 6) is -1.26. The highest BCUT2D eigenvalue weighted by Gasteiger charge is 2.59. The highest BCUT2D eigenvalue weighted by atomic mass is 16.7. The van der Waals surface area contributed by atoms with Gasteiger partial charge in [0.2, 0.25) is 0 Å². The summed E-state index contributed by atoms with van der Waals surface area (Å²) in [6, 6.07) is 9.50. The minimum absolute atomic E-state index is 0.122. The van der Waals surface area contributed by atoms with Gasteiger partial charge in [0.15, 0.2) is 11.9 Å². The number of cyclic esters (lactones) is 1. The highest BCUT2D eigenvalue weighted by molar-refractivity contribution is 5.91. The van der Waals surface area contributed by atoms with E-state index < -0.39 is 59.8 Å².